The van der Waals surface area contributed by atoms with Crippen LogP contribution in [0.1, 0.15) is 43.6 Å². The summed E-state index contributed by atoms with van der Waals surface area (Å²) < 4.78 is 70.6. The van der Waals surface area contributed by atoms with E-state index in [9.17, 15) is 27.9 Å². The second-order valence-electron chi connectivity index (χ2n) is 11.3. The lowest BCUT2D eigenvalue weighted by molar-refractivity contribution is -0.144. The highest BCUT2D eigenvalue weighted by Crippen LogP contribution is 2.46. The van der Waals surface area contributed by atoms with Gasteiger partial charge in [0, 0.05) is 55.9 Å². The van der Waals surface area contributed by atoms with Gasteiger partial charge in [0.05, 0.1) is 12.1 Å². The number of pyridine rings is 1. The molecule has 0 aliphatic carbocycles. The molecule has 2 aliphatic rings. The average molecular weight is 626 g/mol. The first-order valence-electron chi connectivity index (χ1n) is 14.1. The van der Waals surface area contributed by atoms with Crippen molar-refractivity contribution >= 4 is 39.8 Å². The number of anilines is 1. The van der Waals surface area contributed by atoms with Crippen molar-refractivity contribution < 1.29 is 41.4 Å². The van der Waals surface area contributed by atoms with Crippen LogP contribution in [0, 0.1) is 18.3 Å². The van der Waals surface area contributed by atoms with Crippen molar-refractivity contribution in [3.8, 4) is 18.2 Å². The third-order valence-corrected chi connectivity index (χ3v) is 8.49. The molecular weight excluding hydrogens is 598 g/mol. The second-order valence-corrected chi connectivity index (χ2v) is 11.3. The van der Waals surface area contributed by atoms with Crippen molar-refractivity contribution in [1.82, 2.24) is 19.9 Å². The molecule has 234 valence electrons. The number of hydrogen-bond acceptors (Lipinski definition) is 8. The number of benzene rings is 1. The Hall–Kier alpha value is -4.93. The lowest BCUT2D eigenvalue weighted by Gasteiger charge is -2.41. The third kappa shape index (κ3) is 5.26. The number of alkyl halides is 4. The fourth-order valence-corrected chi connectivity index (χ4v) is 6.13. The zero-order valence-corrected chi connectivity index (χ0v) is 24.1. The Morgan fingerprint density at radius 2 is 1.98 bits per heavy atom. The number of ether oxygens (including phenoxy) is 1. The molecule has 0 unspecified atom stereocenters. The largest absolute Gasteiger partial charge is 0.480 e. The Bertz CT molecular complexity index is 1870. The van der Waals surface area contributed by atoms with E-state index in [4.69, 9.17) is 15.6 Å². The number of carbonyl (C=O) groups excluding carboxylic acids is 1. The SMILES string of the molecule is C#Cc1cnc(O[C@H]2C[C@@H](C(=O)O)N(c3nc(C(F)(F)F)nc4c3oc3ccccc34)C2)c([C@@]2(F)CCN(C(C)=O)C[C@@H]2C)c1. The standard InChI is InChI=1S/C31H27F4N5O5/c1-4-18-11-21(30(32)9-10-39(17(3)41)14-16(30)2)27(36-13-18)44-19-12-22(28(42)43)40(15-19)26-25-24(37-29(38-26)31(33,34)35)20-7-5-6-8-23(20)45-25/h1,5-8,11,13,16,19,22H,9-10,12,14-15H2,2-3H3,(H,42,43)/t16-,19-,22-,30+/m0/s1. The molecule has 10 nitrogen and oxygen atoms in total. The number of hydrogen-bond donors (Lipinski definition) is 1. The molecule has 45 heavy (non-hydrogen) atoms. The highest BCUT2D eigenvalue weighted by molar-refractivity contribution is 6.06. The molecule has 0 spiro atoms. The van der Waals surface area contributed by atoms with Crippen molar-refractivity contribution in [2.45, 2.75) is 50.7 Å². The van der Waals surface area contributed by atoms with Gasteiger partial charge in [-0.05, 0) is 18.2 Å². The van der Waals surface area contributed by atoms with Gasteiger partial charge in [0.15, 0.2) is 11.4 Å². The second kappa shape index (κ2) is 10.9. The van der Waals surface area contributed by atoms with Crippen LogP contribution in [0.25, 0.3) is 22.1 Å². The summed E-state index contributed by atoms with van der Waals surface area (Å²) in [5.74, 6) is -1.68. The highest BCUT2D eigenvalue weighted by Gasteiger charge is 2.47. The Labute approximate surface area is 254 Å². The molecule has 1 N–H and O–H groups in total. The van der Waals surface area contributed by atoms with Gasteiger partial charge in [0.25, 0.3) is 0 Å². The fourth-order valence-electron chi connectivity index (χ4n) is 6.13. The van der Waals surface area contributed by atoms with Crippen LogP contribution < -0.4 is 9.64 Å². The molecule has 3 aromatic heterocycles. The van der Waals surface area contributed by atoms with Crippen molar-refractivity contribution in [3.63, 3.8) is 0 Å². The number of carbonyl (C=O) groups is 2. The average Bonchev–Trinajstić information content (AvgIpc) is 3.59. The maximum Gasteiger partial charge on any atom is 0.451 e. The Morgan fingerprint density at radius 1 is 1.22 bits per heavy atom. The monoisotopic (exact) mass is 625 g/mol. The smallest absolute Gasteiger partial charge is 0.451 e. The molecule has 5 heterocycles. The number of piperidine rings is 1. The number of aliphatic carboxylic acids is 1. The molecule has 2 aliphatic heterocycles. The predicted octanol–water partition coefficient (Wildman–Crippen LogP) is 4.94. The summed E-state index contributed by atoms with van der Waals surface area (Å²) in [7, 11) is 0. The minimum Gasteiger partial charge on any atom is -0.480 e. The fraction of sp³-hybridized carbons (Fsp3) is 0.387. The minimum absolute atomic E-state index is 0.0556. The van der Waals surface area contributed by atoms with Gasteiger partial charge < -0.3 is 24.1 Å². The predicted molar refractivity (Wildman–Crippen MR) is 153 cm³/mol. The lowest BCUT2D eigenvalue weighted by atomic mass is 9.78. The Balaban J connectivity index is 1.39. The third-order valence-electron chi connectivity index (χ3n) is 8.49. The van der Waals surface area contributed by atoms with Crippen LogP contribution in [-0.2, 0) is 21.4 Å². The number of fused-ring (bicyclic) bond motifs is 3. The van der Waals surface area contributed by atoms with E-state index in [1.54, 1.807) is 36.1 Å². The maximum atomic E-state index is 16.8. The zero-order valence-electron chi connectivity index (χ0n) is 24.1. The summed E-state index contributed by atoms with van der Waals surface area (Å²) >= 11 is 0. The number of halogens is 4. The summed E-state index contributed by atoms with van der Waals surface area (Å²) in [4.78, 5) is 38.8. The van der Waals surface area contributed by atoms with E-state index in [0.717, 1.165) is 0 Å². The molecule has 2 saturated heterocycles. The number of rotatable bonds is 5. The van der Waals surface area contributed by atoms with Crippen LogP contribution in [-0.4, -0.2) is 68.6 Å². The van der Waals surface area contributed by atoms with E-state index in [-0.39, 0.29) is 72.3 Å². The van der Waals surface area contributed by atoms with Crippen LogP contribution in [0.3, 0.4) is 0 Å². The van der Waals surface area contributed by atoms with Crippen LogP contribution >= 0.6 is 0 Å². The van der Waals surface area contributed by atoms with E-state index in [1.807, 2.05) is 0 Å². The minimum atomic E-state index is -4.93. The van der Waals surface area contributed by atoms with Crippen molar-refractivity contribution in [1.29, 1.82) is 0 Å². The van der Waals surface area contributed by atoms with Crippen molar-refractivity contribution in [2.75, 3.05) is 24.5 Å². The van der Waals surface area contributed by atoms with Crippen molar-refractivity contribution in [3.05, 3.63) is 53.5 Å². The molecule has 2 fully saturated rings. The first-order valence-corrected chi connectivity index (χ1v) is 14.1. The summed E-state index contributed by atoms with van der Waals surface area (Å²) in [6.07, 6.45) is 0.763. The van der Waals surface area contributed by atoms with Gasteiger partial charge in [-0.25, -0.2) is 24.1 Å². The molecule has 6 rings (SSSR count). The summed E-state index contributed by atoms with van der Waals surface area (Å²) in [6, 6.07) is 6.44. The summed E-state index contributed by atoms with van der Waals surface area (Å²) in [5, 5.41) is 10.4. The number of amides is 1. The molecule has 1 amide bonds. The molecule has 14 heteroatoms. The highest BCUT2D eigenvalue weighted by atomic mass is 19.4. The number of carboxylic acid groups (broad SMARTS) is 1. The number of para-hydroxylation sites is 1. The van der Waals surface area contributed by atoms with Gasteiger partial charge in [0.2, 0.25) is 17.6 Å². The lowest BCUT2D eigenvalue weighted by Crippen LogP contribution is -2.48. The normalized spacial score (nSPS) is 23.8. The number of terminal acetylenes is 1. The quantitative estimate of drug-likeness (QED) is 0.243. The number of nitrogens with zero attached hydrogens (tertiary/aromatic N) is 5. The zero-order chi connectivity index (χ0) is 32.3. The van der Waals surface area contributed by atoms with Gasteiger partial charge in [0.1, 0.15) is 28.9 Å². The van der Waals surface area contributed by atoms with Crippen molar-refractivity contribution in [2.24, 2.45) is 5.92 Å². The Kier molecular flexibility index (Phi) is 7.29. The maximum absolute atomic E-state index is 16.8. The van der Waals surface area contributed by atoms with E-state index >= 15 is 4.39 Å². The topological polar surface area (TPSA) is 122 Å². The van der Waals surface area contributed by atoms with Gasteiger partial charge in [-0.3, -0.25) is 4.79 Å². The molecule has 4 aromatic rings. The molecular formula is C31H27F4N5O5. The van der Waals surface area contributed by atoms with Gasteiger partial charge >= 0.3 is 12.1 Å². The van der Waals surface area contributed by atoms with E-state index < -0.39 is 41.7 Å². The molecule has 4 atom stereocenters. The van der Waals surface area contributed by atoms with Gasteiger partial charge in [-0.15, -0.1) is 6.42 Å². The van der Waals surface area contributed by atoms with Gasteiger partial charge in [-0.2, -0.15) is 13.2 Å². The number of furan rings is 1. The van der Waals surface area contributed by atoms with Gasteiger partial charge in [-0.1, -0.05) is 25.0 Å². The Morgan fingerprint density at radius 3 is 2.64 bits per heavy atom. The van der Waals surface area contributed by atoms with Crippen LogP contribution in [0.15, 0.2) is 40.9 Å². The molecule has 0 saturated carbocycles. The van der Waals surface area contributed by atoms with E-state index in [2.05, 4.69) is 20.9 Å². The summed E-state index contributed by atoms with van der Waals surface area (Å²) in [6.45, 7) is 3.13. The molecule has 0 radical (unpaired) electrons. The first kappa shape index (κ1) is 30.1. The molecule has 1 aromatic carbocycles. The van der Waals surface area contributed by atoms with E-state index in [0.29, 0.717) is 10.9 Å². The molecule has 0 bridgehead atoms. The summed E-state index contributed by atoms with van der Waals surface area (Å²) in [5.41, 5.74) is -1.61. The number of likely N-dealkylation sites (tertiary alicyclic amines) is 1. The van der Waals surface area contributed by atoms with Crippen LogP contribution in [0.4, 0.5) is 23.4 Å². The van der Waals surface area contributed by atoms with E-state index in [1.165, 1.54) is 24.1 Å². The van der Waals surface area contributed by atoms with Crippen LogP contribution in [0.5, 0.6) is 5.88 Å². The number of aromatic nitrogens is 3. The van der Waals surface area contributed by atoms with Crippen LogP contribution in [0.2, 0.25) is 0 Å². The first-order chi connectivity index (χ1) is 21.3. The number of carboxylic acids is 1.